The van der Waals surface area contributed by atoms with E-state index in [9.17, 15) is 4.79 Å². The first kappa shape index (κ1) is 18.7. The van der Waals surface area contributed by atoms with E-state index >= 15 is 0 Å². The average Bonchev–Trinajstić information content (AvgIpc) is 2.81. The van der Waals surface area contributed by atoms with Gasteiger partial charge in [0.15, 0.2) is 5.11 Å². The fourth-order valence-corrected chi connectivity index (χ4v) is 3.07. The van der Waals surface area contributed by atoms with E-state index in [0.717, 1.165) is 12.8 Å². The molecule has 1 aromatic rings. The number of carbonyl (C=O) groups is 1. The number of amides is 1. The van der Waals surface area contributed by atoms with Crippen molar-refractivity contribution in [1.29, 1.82) is 0 Å². The molecule has 1 aliphatic rings. The van der Waals surface area contributed by atoms with E-state index in [1.807, 2.05) is 12.1 Å². The van der Waals surface area contributed by atoms with Crippen LogP contribution >= 0.6 is 12.2 Å². The zero-order valence-corrected chi connectivity index (χ0v) is 15.5. The van der Waals surface area contributed by atoms with Crippen molar-refractivity contribution in [2.24, 2.45) is 5.92 Å². The van der Waals surface area contributed by atoms with Gasteiger partial charge in [-0.3, -0.25) is 10.1 Å². The van der Waals surface area contributed by atoms with Crippen molar-refractivity contribution in [2.75, 3.05) is 6.61 Å². The summed E-state index contributed by atoms with van der Waals surface area (Å²) < 4.78 is 5.67. The molecule has 0 saturated heterocycles. The molecule has 0 radical (unpaired) electrons. The lowest BCUT2D eigenvalue weighted by Gasteiger charge is -2.18. The van der Waals surface area contributed by atoms with Gasteiger partial charge in [-0.25, -0.2) is 0 Å². The van der Waals surface area contributed by atoms with Crippen LogP contribution in [0.4, 0.5) is 0 Å². The molecule has 0 bridgehead atoms. The monoisotopic (exact) mass is 348 g/mol. The van der Waals surface area contributed by atoms with Crippen LogP contribution in [0.2, 0.25) is 0 Å². The van der Waals surface area contributed by atoms with E-state index in [4.69, 9.17) is 17.0 Å². The summed E-state index contributed by atoms with van der Waals surface area (Å²) >= 11 is 5.30. The fraction of sp³-hybridized carbons (Fsp3) is 0.579. The molecule has 0 heterocycles. The summed E-state index contributed by atoms with van der Waals surface area (Å²) in [5, 5.41) is 6.48. The van der Waals surface area contributed by atoms with Crippen molar-refractivity contribution in [3.8, 4) is 5.75 Å². The van der Waals surface area contributed by atoms with Crippen molar-refractivity contribution in [1.82, 2.24) is 10.6 Å². The number of thiocarbonyl (C=S) groups is 1. The van der Waals surface area contributed by atoms with Gasteiger partial charge < -0.3 is 10.1 Å². The first-order chi connectivity index (χ1) is 11.5. The molecule has 1 amide bonds. The van der Waals surface area contributed by atoms with Gasteiger partial charge in [0.05, 0.1) is 6.61 Å². The highest BCUT2D eigenvalue weighted by Gasteiger charge is 2.15. The average molecular weight is 349 g/mol. The topological polar surface area (TPSA) is 50.4 Å². The van der Waals surface area contributed by atoms with Crippen molar-refractivity contribution in [3.05, 3.63) is 29.8 Å². The Hall–Kier alpha value is -1.62. The van der Waals surface area contributed by atoms with Crippen LogP contribution in [0.3, 0.4) is 0 Å². The van der Waals surface area contributed by atoms with Gasteiger partial charge in [0.25, 0.3) is 5.91 Å². The first-order valence-corrected chi connectivity index (χ1v) is 9.30. The van der Waals surface area contributed by atoms with Crippen LogP contribution in [0.1, 0.15) is 62.7 Å². The third kappa shape index (κ3) is 6.48. The van der Waals surface area contributed by atoms with Crippen LogP contribution in [0.5, 0.6) is 5.75 Å². The van der Waals surface area contributed by atoms with Crippen LogP contribution in [0.15, 0.2) is 24.3 Å². The lowest BCUT2D eigenvalue weighted by atomic mass is 10.1. The molecule has 1 saturated carbocycles. The Balaban J connectivity index is 1.86. The molecule has 0 spiro atoms. The van der Waals surface area contributed by atoms with Gasteiger partial charge in [-0.05, 0) is 49.2 Å². The van der Waals surface area contributed by atoms with Gasteiger partial charge in [-0.1, -0.05) is 45.6 Å². The Bertz CT molecular complexity index is 552. The van der Waals surface area contributed by atoms with Crippen LogP contribution < -0.4 is 15.4 Å². The van der Waals surface area contributed by atoms with Crippen molar-refractivity contribution >= 4 is 23.2 Å². The highest BCUT2D eigenvalue weighted by molar-refractivity contribution is 7.80. The lowest BCUT2D eigenvalue weighted by molar-refractivity contribution is 0.0976. The van der Waals surface area contributed by atoms with Gasteiger partial charge in [0, 0.05) is 11.6 Å². The van der Waals surface area contributed by atoms with Gasteiger partial charge in [0.2, 0.25) is 0 Å². The Morgan fingerprint density at radius 2 is 1.96 bits per heavy atom. The van der Waals surface area contributed by atoms with E-state index in [1.165, 1.54) is 25.7 Å². The predicted octanol–water partition coefficient (Wildman–Crippen LogP) is 4.05. The molecule has 0 aromatic heterocycles. The maximum atomic E-state index is 12.4. The van der Waals surface area contributed by atoms with Crippen LogP contribution in [0.25, 0.3) is 0 Å². The number of ether oxygens (including phenoxy) is 1. The second kappa shape index (κ2) is 9.62. The van der Waals surface area contributed by atoms with Gasteiger partial charge >= 0.3 is 0 Å². The summed E-state index contributed by atoms with van der Waals surface area (Å²) in [6.45, 7) is 4.81. The van der Waals surface area contributed by atoms with Crippen molar-refractivity contribution < 1.29 is 9.53 Å². The summed E-state index contributed by atoms with van der Waals surface area (Å²) in [6.07, 6.45) is 7.27. The maximum absolute atomic E-state index is 12.4. The molecule has 2 N–H and O–H groups in total. The molecule has 24 heavy (non-hydrogen) atoms. The third-order valence-electron chi connectivity index (χ3n) is 4.10. The van der Waals surface area contributed by atoms with E-state index in [2.05, 4.69) is 24.5 Å². The minimum absolute atomic E-state index is 0.198. The van der Waals surface area contributed by atoms with Crippen LogP contribution in [-0.2, 0) is 0 Å². The highest BCUT2D eigenvalue weighted by Crippen LogP contribution is 2.17. The molecule has 4 nitrogen and oxygen atoms in total. The molecule has 0 aliphatic heterocycles. The minimum atomic E-state index is -0.198. The van der Waals surface area contributed by atoms with Crippen LogP contribution in [-0.4, -0.2) is 23.7 Å². The summed E-state index contributed by atoms with van der Waals surface area (Å²) in [6, 6.07) is 7.59. The summed E-state index contributed by atoms with van der Waals surface area (Å²) in [4.78, 5) is 12.4. The van der Waals surface area contributed by atoms with E-state index in [0.29, 0.717) is 35.0 Å². The Morgan fingerprint density at radius 1 is 1.25 bits per heavy atom. The molecule has 0 atom stereocenters. The Labute approximate surface area is 150 Å². The van der Waals surface area contributed by atoms with Crippen molar-refractivity contribution in [2.45, 2.75) is 58.4 Å². The van der Waals surface area contributed by atoms with E-state index in [-0.39, 0.29) is 5.91 Å². The van der Waals surface area contributed by atoms with Gasteiger partial charge in [0.1, 0.15) is 5.75 Å². The number of carbonyl (C=O) groups excluding carboxylic acids is 1. The summed E-state index contributed by atoms with van der Waals surface area (Å²) in [5.74, 6) is 0.953. The number of rotatable bonds is 5. The predicted molar refractivity (Wildman–Crippen MR) is 101 cm³/mol. The van der Waals surface area contributed by atoms with Gasteiger partial charge in [-0.2, -0.15) is 0 Å². The number of hydrogen-bond donors (Lipinski definition) is 2. The molecular weight excluding hydrogens is 320 g/mol. The molecule has 1 aliphatic carbocycles. The molecule has 1 aromatic carbocycles. The molecule has 5 heteroatoms. The zero-order chi connectivity index (χ0) is 17.4. The Kier molecular flexibility index (Phi) is 7.50. The number of nitrogens with one attached hydrogen (secondary N) is 2. The lowest BCUT2D eigenvalue weighted by Crippen LogP contribution is -2.44. The largest absolute Gasteiger partial charge is 0.493 e. The SMILES string of the molecule is CC(C)COc1cccc(C(=O)NC(=S)NC2CCCCCC2)c1. The Morgan fingerprint density at radius 3 is 2.62 bits per heavy atom. The number of hydrogen-bond acceptors (Lipinski definition) is 3. The van der Waals surface area contributed by atoms with Crippen molar-refractivity contribution in [3.63, 3.8) is 0 Å². The fourth-order valence-electron chi connectivity index (χ4n) is 2.81. The second-order valence-electron chi connectivity index (χ2n) is 6.85. The second-order valence-corrected chi connectivity index (χ2v) is 7.26. The third-order valence-corrected chi connectivity index (χ3v) is 4.32. The summed E-state index contributed by atoms with van der Waals surface area (Å²) in [7, 11) is 0. The first-order valence-electron chi connectivity index (χ1n) is 8.89. The highest BCUT2D eigenvalue weighted by atomic mass is 32.1. The van der Waals surface area contributed by atoms with Crippen LogP contribution in [0, 0.1) is 5.92 Å². The maximum Gasteiger partial charge on any atom is 0.257 e. The molecule has 1 fully saturated rings. The molecular formula is C19H28N2O2S. The van der Waals surface area contributed by atoms with E-state index < -0.39 is 0 Å². The molecule has 132 valence electrons. The molecule has 2 rings (SSSR count). The normalized spacial score (nSPS) is 15.6. The molecule has 0 unspecified atom stereocenters. The quantitative estimate of drug-likeness (QED) is 0.623. The smallest absolute Gasteiger partial charge is 0.257 e. The standard InChI is InChI=1S/C19H28N2O2S/c1-14(2)13-23-17-11-7-8-15(12-17)18(22)21-19(24)20-16-9-5-3-4-6-10-16/h7-8,11-12,14,16H,3-6,9-10,13H2,1-2H3,(H2,20,21,22,24). The van der Waals surface area contributed by atoms with E-state index in [1.54, 1.807) is 12.1 Å². The summed E-state index contributed by atoms with van der Waals surface area (Å²) in [5.41, 5.74) is 0.557. The zero-order valence-electron chi connectivity index (χ0n) is 14.6. The number of benzene rings is 1. The minimum Gasteiger partial charge on any atom is -0.493 e. The van der Waals surface area contributed by atoms with Gasteiger partial charge in [-0.15, -0.1) is 0 Å².